The minimum atomic E-state index is -0.588. The first-order valence-electron chi connectivity index (χ1n) is 8.96. The molecule has 1 radical (unpaired) electrons. The zero-order valence-electron chi connectivity index (χ0n) is 16.0. The quantitative estimate of drug-likeness (QED) is 0.430. The third-order valence-corrected chi connectivity index (χ3v) is 4.45. The zero-order chi connectivity index (χ0) is 20.1. The van der Waals surface area contributed by atoms with E-state index in [1.165, 1.54) is 30.1 Å². The van der Waals surface area contributed by atoms with Crippen molar-refractivity contribution in [2.75, 3.05) is 0 Å². The average molecular weight is 367 g/mol. The predicted octanol–water partition coefficient (Wildman–Crippen LogP) is 4.76. The minimum Gasteiger partial charge on any atom is -0.207 e. The summed E-state index contributed by atoms with van der Waals surface area (Å²) in [5.74, 6) is 10.8. The monoisotopic (exact) mass is 367 g/mol. The first-order valence-corrected chi connectivity index (χ1v) is 8.96. The molecule has 0 heterocycles. The Labute approximate surface area is 165 Å². The summed E-state index contributed by atoms with van der Waals surface area (Å²) in [5.41, 5.74) is 5.33. The van der Waals surface area contributed by atoms with Gasteiger partial charge < -0.3 is 0 Å². The zero-order valence-corrected chi connectivity index (χ0v) is 16.0. The third kappa shape index (κ3) is 4.70. The molecule has 0 spiro atoms. The molecule has 0 saturated heterocycles. The summed E-state index contributed by atoms with van der Waals surface area (Å²) in [6.07, 6.45) is 0. The van der Waals surface area contributed by atoms with Crippen LogP contribution in [0.5, 0.6) is 0 Å². The second kappa shape index (κ2) is 8.60. The highest BCUT2D eigenvalue weighted by atomic mass is 19.1. The van der Waals surface area contributed by atoms with Gasteiger partial charge in [-0.15, -0.1) is 0 Å². The number of hydrogen-bond donors (Lipinski definition) is 0. The van der Waals surface area contributed by atoms with E-state index in [0.717, 1.165) is 16.7 Å². The summed E-state index contributed by atoms with van der Waals surface area (Å²) in [7, 11) is 2.08. The number of halogens is 2. The summed E-state index contributed by atoms with van der Waals surface area (Å²) in [6, 6.07) is 16.1. The molecular weight excluding hydrogens is 349 g/mol. The fraction of sp³-hybridized carbons (Fsp3) is 0.120. The second-order valence-corrected chi connectivity index (χ2v) is 6.50. The van der Waals surface area contributed by atoms with Crippen molar-refractivity contribution >= 4 is 12.7 Å². The van der Waals surface area contributed by atoms with Crippen molar-refractivity contribution in [3.05, 3.63) is 99.6 Å². The van der Waals surface area contributed by atoms with Gasteiger partial charge in [-0.2, -0.15) is 0 Å². The Hall–Kier alpha value is -3.30. The van der Waals surface area contributed by atoms with Crippen LogP contribution in [0.1, 0.15) is 33.4 Å². The molecule has 0 fully saturated rings. The third-order valence-electron chi connectivity index (χ3n) is 4.45. The molecule has 0 saturated carbocycles. The topological polar surface area (TPSA) is 0 Å². The van der Waals surface area contributed by atoms with E-state index in [1.54, 1.807) is 0 Å². The number of benzene rings is 3. The van der Waals surface area contributed by atoms with Crippen LogP contribution in [0, 0.1) is 49.2 Å². The number of rotatable bonds is 1. The van der Waals surface area contributed by atoms with E-state index in [0.29, 0.717) is 5.56 Å². The molecule has 3 aromatic rings. The molecule has 0 aliphatic heterocycles. The molecule has 3 heteroatoms. The molecule has 0 aliphatic carbocycles. The molecule has 0 unspecified atom stereocenters. The Morgan fingerprint density at radius 1 is 0.643 bits per heavy atom. The van der Waals surface area contributed by atoms with Crippen molar-refractivity contribution < 1.29 is 8.78 Å². The van der Waals surface area contributed by atoms with Crippen LogP contribution in [-0.4, -0.2) is 7.28 Å². The fourth-order valence-corrected chi connectivity index (χ4v) is 2.72. The van der Waals surface area contributed by atoms with Crippen molar-refractivity contribution in [2.45, 2.75) is 20.7 Å². The first-order chi connectivity index (χ1) is 13.5. The summed E-state index contributed by atoms with van der Waals surface area (Å²) >= 11 is 0. The predicted molar refractivity (Wildman–Crippen MR) is 112 cm³/mol. The lowest BCUT2D eigenvalue weighted by Crippen LogP contribution is -2.13. The van der Waals surface area contributed by atoms with Crippen molar-refractivity contribution in [1.82, 2.24) is 0 Å². The lowest BCUT2D eigenvalue weighted by atomic mass is 9.71. The van der Waals surface area contributed by atoms with E-state index < -0.39 is 11.6 Å². The lowest BCUT2D eigenvalue weighted by Gasteiger charge is -2.01. The highest BCUT2D eigenvalue weighted by molar-refractivity contribution is 6.52. The van der Waals surface area contributed by atoms with Gasteiger partial charge >= 0.3 is 0 Å². The van der Waals surface area contributed by atoms with Crippen molar-refractivity contribution in [1.29, 1.82) is 0 Å². The molecule has 0 aromatic heterocycles. The van der Waals surface area contributed by atoms with Crippen molar-refractivity contribution in [3.8, 4) is 23.7 Å². The Morgan fingerprint density at radius 3 is 1.61 bits per heavy atom. The molecule has 0 amide bonds. The SMILES string of the molecule is C[B]c1ccc(C#Cc2ccc(C#Cc3cc(F)c(C)c(F)c3)cc2)cc1C. The standard InChI is InChI=1S/C25H18BF2/c1-17-14-21(12-13-23(17)26-3)10-8-19-4-6-20(7-5-19)9-11-22-15-24(27)18(2)25(28)16-22/h4-7,12-16H,1-3H3. The highest BCUT2D eigenvalue weighted by Gasteiger charge is 2.05. The van der Waals surface area contributed by atoms with E-state index in [4.69, 9.17) is 0 Å². The van der Waals surface area contributed by atoms with Gasteiger partial charge in [-0.3, -0.25) is 0 Å². The Balaban J connectivity index is 1.76. The van der Waals surface area contributed by atoms with E-state index in [-0.39, 0.29) is 5.56 Å². The van der Waals surface area contributed by atoms with Gasteiger partial charge in [0.1, 0.15) is 18.9 Å². The molecule has 0 bridgehead atoms. The van der Waals surface area contributed by atoms with Gasteiger partial charge in [0.05, 0.1) is 0 Å². The maximum absolute atomic E-state index is 13.6. The van der Waals surface area contributed by atoms with Crippen LogP contribution in [-0.2, 0) is 0 Å². The number of aryl methyl sites for hydroxylation is 1. The molecule has 3 rings (SSSR count). The average Bonchev–Trinajstić information content (AvgIpc) is 2.69. The maximum atomic E-state index is 13.6. The second-order valence-electron chi connectivity index (χ2n) is 6.50. The summed E-state index contributed by atoms with van der Waals surface area (Å²) in [6.45, 7) is 5.49. The van der Waals surface area contributed by atoms with Crippen LogP contribution in [0.25, 0.3) is 0 Å². The molecule has 0 atom stereocenters. The van der Waals surface area contributed by atoms with Gasteiger partial charge in [-0.1, -0.05) is 47.6 Å². The van der Waals surface area contributed by atoms with Crippen LogP contribution in [0.15, 0.2) is 54.6 Å². The fourth-order valence-electron chi connectivity index (χ4n) is 2.72. The molecule has 3 aromatic carbocycles. The van der Waals surface area contributed by atoms with Gasteiger partial charge in [0.15, 0.2) is 0 Å². The van der Waals surface area contributed by atoms with Gasteiger partial charge in [-0.05, 0) is 62.4 Å². The molecule has 28 heavy (non-hydrogen) atoms. The van der Waals surface area contributed by atoms with Gasteiger partial charge in [0, 0.05) is 27.8 Å². The Kier molecular flexibility index (Phi) is 5.98. The first kappa shape index (κ1) is 19.5. The van der Waals surface area contributed by atoms with Gasteiger partial charge in [0.2, 0.25) is 0 Å². The van der Waals surface area contributed by atoms with Crippen LogP contribution in [0.3, 0.4) is 0 Å². The van der Waals surface area contributed by atoms with Crippen LogP contribution < -0.4 is 5.46 Å². The van der Waals surface area contributed by atoms with Crippen LogP contribution in [0.2, 0.25) is 6.82 Å². The minimum absolute atomic E-state index is 0.00568. The largest absolute Gasteiger partial charge is 0.207 e. The van der Waals surface area contributed by atoms with Gasteiger partial charge in [-0.25, -0.2) is 8.78 Å². The normalized spacial score (nSPS) is 9.75. The van der Waals surface area contributed by atoms with E-state index >= 15 is 0 Å². The molecule has 135 valence electrons. The molecule has 0 aliphatic rings. The Bertz CT molecular complexity index is 1110. The van der Waals surface area contributed by atoms with Gasteiger partial charge in [0.25, 0.3) is 0 Å². The van der Waals surface area contributed by atoms with Crippen LogP contribution in [0.4, 0.5) is 8.78 Å². The van der Waals surface area contributed by atoms with Crippen molar-refractivity contribution in [3.63, 3.8) is 0 Å². The lowest BCUT2D eigenvalue weighted by molar-refractivity contribution is 0.567. The van der Waals surface area contributed by atoms with Crippen LogP contribution >= 0.6 is 0 Å². The summed E-state index contributed by atoms with van der Waals surface area (Å²) < 4.78 is 27.2. The maximum Gasteiger partial charge on any atom is 0.148 e. The molecular formula is C25H18BF2. The van der Waals surface area contributed by atoms with E-state index in [9.17, 15) is 8.78 Å². The van der Waals surface area contributed by atoms with E-state index in [2.05, 4.69) is 50.0 Å². The molecule has 0 nitrogen and oxygen atoms in total. The summed E-state index contributed by atoms with van der Waals surface area (Å²) in [4.78, 5) is 0. The Morgan fingerprint density at radius 2 is 1.11 bits per heavy atom. The molecule has 0 N–H and O–H groups in total. The van der Waals surface area contributed by atoms with E-state index in [1.807, 2.05) is 37.2 Å². The smallest absolute Gasteiger partial charge is 0.148 e. The number of hydrogen-bond acceptors (Lipinski definition) is 0. The van der Waals surface area contributed by atoms with Crippen molar-refractivity contribution in [2.24, 2.45) is 0 Å². The highest BCUT2D eigenvalue weighted by Crippen LogP contribution is 2.13. The summed E-state index contributed by atoms with van der Waals surface area (Å²) in [5, 5.41) is 0.